The number of nitrogens with zero attached hydrogens (tertiary/aromatic N) is 1. The summed E-state index contributed by atoms with van der Waals surface area (Å²) in [5, 5.41) is 9.27. The molecule has 1 aromatic carbocycles. The number of nitrogen functional groups attached to an aromatic ring is 1. The SMILES string of the molecule is COC(=O)c1ccc(S(=O)(=O)N2CCCC2CO)c(N)c1. The van der Waals surface area contributed by atoms with Crippen molar-refractivity contribution in [2.24, 2.45) is 0 Å². The maximum atomic E-state index is 12.6. The standard InChI is InChI=1S/C13H18N2O5S/c1-20-13(17)9-4-5-12(11(14)7-9)21(18,19)15-6-2-3-10(15)8-16/h4-5,7,10,16H,2-3,6,8,14H2,1H3. The van der Waals surface area contributed by atoms with Gasteiger partial charge in [0, 0.05) is 12.6 Å². The predicted molar refractivity (Wildman–Crippen MR) is 76.2 cm³/mol. The van der Waals surface area contributed by atoms with Crippen LogP contribution in [0.4, 0.5) is 5.69 Å². The van der Waals surface area contributed by atoms with Crippen LogP contribution in [0.1, 0.15) is 23.2 Å². The highest BCUT2D eigenvalue weighted by Crippen LogP contribution is 2.29. The Kier molecular flexibility index (Phi) is 4.50. The van der Waals surface area contributed by atoms with Crippen molar-refractivity contribution in [3.63, 3.8) is 0 Å². The molecule has 1 unspecified atom stereocenters. The average Bonchev–Trinajstić information content (AvgIpc) is 2.95. The number of hydrogen-bond acceptors (Lipinski definition) is 6. The Labute approximate surface area is 123 Å². The lowest BCUT2D eigenvalue weighted by Gasteiger charge is -2.23. The van der Waals surface area contributed by atoms with Crippen LogP contribution in [0.2, 0.25) is 0 Å². The minimum absolute atomic E-state index is 0.0125. The Morgan fingerprint density at radius 3 is 2.81 bits per heavy atom. The number of methoxy groups -OCH3 is 1. The lowest BCUT2D eigenvalue weighted by atomic mass is 10.2. The molecule has 0 spiro atoms. The van der Waals surface area contributed by atoms with E-state index in [0.29, 0.717) is 19.4 Å². The average molecular weight is 314 g/mol. The van der Waals surface area contributed by atoms with Gasteiger partial charge in [0.1, 0.15) is 4.90 Å². The van der Waals surface area contributed by atoms with Crippen LogP contribution in [-0.2, 0) is 14.8 Å². The Balaban J connectivity index is 2.39. The summed E-state index contributed by atoms with van der Waals surface area (Å²) < 4.78 is 31.0. The van der Waals surface area contributed by atoms with Crippen LogP contribution in [-0.4, -0.2) is 50.1 Å². The summed E-state index contributed by atoms with van der Waals surface area (Å²) in [6.07, 6.45) is 1.32. The normalized spacial score (nSPS) is 19.6. The Morgan fingerprint density at radius 1 is 1.52 bits per heavy atom. The van der Waals surface area contributed by atoms with Crippen LogP contribution in [0, 0.1) is 0 Å². The van der Waals surface area contributed by atoms with E-state index >= 15 is 0 Å². The minimum Gasteiger partial charge on any atom is -0.465 e. The second-order valence-corrected chi connectivity index (χ2v) is 6.70. The van der Waals surface area contributed by atoms with Gasteiger partial charge in [0.15, 0.2) is 0 Å². The van der Waals surface area contributed by atoms with Gasteiger partial charge in [-0.15, -0.1) is 0 Å². The van der Waals surface area contributed by atoms with Crippen LogP contribution in [0.3, 0.4) is 0 Å². The second kappa shape index (κ2) is 6.00. The first-order valence-corrected chi connectivity index (χ1v) is 7.96. The summed E-state index contributed by atoms with van der Waals surface area (Å²) in [6, 6.07) is 3.51. The van der Waals surface area contributed by atoms with E-state index in [-0.39, 0.29) is 22.8 Å². The van der Waals surface area contributed by atoms with Crippen molar-refractivity contribution in [3.05, 3.63) is 23.8 Å². The summed E-state index contributed by atoms with van der Waals surface area (Å²) >= 11 is 0. The molecule has 0 aromatic heterocycles. The van der Waals surface area contributed by atoms with E-state index in [1.165, 1.54) is 29.6 Å². The van der Waals surface area contributed by atoms with E-state index in [1.807, 2.05) is 0 Å². The number of rotatable bonds is 4. The molecule has 2 rings (SSSR count). The van der Waals surface area contributed by atoms with Crippen LogP contribution in [0.25, 0.3) is 0 Å². The van der Waals surface area contributed by atoms with Crippen molar-refractivity contribution in [1.29, 1.82) is 0 Å². The smallest absolute Gasteiger partial charge is 0.337 e. The van der Waals surface area contributed by atoms with E-state index in [9.17, 15) is 18.3 Å². The Hall–Kier alpha value is -1.64. The number of ether oxygens (including phenoxy) is 1. The molecule has 7 nitrogen and oxygen atoms in total. The minimum atomic E-state index is -3.78. The van der Waals surface area contributed by atoms with Crippen molar-refractivity contribution >= 4 is 21.7 Å². The van der Waals surface area contributed by atoms with Crippen molar-refractivity contribution in [2.45, 2.75) is 23.8 Å². The predicted octanol–water partition coefficient (Wildman–Crippen LogP) is 0.201. The molecule has 0 saturated carbocycles. The first-order valence-electron chi connectivity index (χ1n) is 6.52. The fourth-order valence-corrected chi connectivity index (χ4v) is 4.25. The maximum absolute atomic E-state index is 12.6. The molecule has 1 heterocycles. The highest BCUT2D eigenvalue weighted by molar-refractivity contribution is 7.89. The number of esters is 1. The van der Waals surface area contributed by atoms with Crippen molar-refractivity contribution in [1.82, 2.24) is 4.31 Å². The molecule has 1 atom stereocenters. The van der Waals surface area contributed by atoms with E-state index < -0.39 is 22.0 Å². The number of aliphatic hydroxyl groups is 1. The van der Waals surface area contributed by atoms with Gasteiger partial charge in [0.25, 0.3) is 0 Å². The van der Waals surface area contributed by atoms with Gasteiger partial charge in [-0.1, -0.05) is 0 Å². The number of carbonyl (C=O) groups is 1. The molecule has 21 heavy (non-hydrogen) atoms. The molecule has 1 saturated heterocycles. The van der Waals surface area contributed by atoms with E-state index in [0.717, 1.165) is 0 Å². The quantitative estimate of drug-likeness (QED) is 0.607. The zero-order chi connectivity index (χ0) is 15.6. The number of anilines is 1. The number of nitrogens with two attached hydrogens (primary N) is 1. The van der Waals surface area contributed by atoms with Crippen LogP contribution in [0.15, 0.2) is 23.1 Å². The van der Waals surface area contributed by atoms with Gasteiger partial charge in [-0.3, -0.25) is 0 Å². The molecular formula is C13H18N2O5S. The van der Waals surface area contributed by atoms with Gasteiger partial charge in [-0.25, -0.2) is 13.2 Å². The fourth-order valence-electron chi connectivity index (χ4n) is 2.46. The van der Waals surface area contributed by atoms with Crippen LogP contribution in [0.5, 0.6) is 0 Å². The largest absolute Gasteiger partial charge is 0.465 e. The summed E-state index contributed by atoms with van der Waals surface area (Å²) in [5.41, 5.74) is 5.95. The molecular weight excluding hydrogens is 296 g/mol. The lowest BCUT2D eigenvalue weighted by Crippen LogP contribution is -2.37. The maximum Gasteiger partial charge on any atom is 0.337 e. The summed E-state index contributed by atoms with van der Waals surface area (Å²) in [4.78, 5) is 11.4. The Bertz CT molecular complexity index is 644. The second-order valence-electron chi connectivity index (χ2n) is 4.84. The summed E-state index contributed by atoms with van der Waals surface area (Å²) in [5.74, 6) is -0.583. The molecule has 1 aliphatic rings. The number of hydrogen-bond donors (Lipinski definition) is 2. The lowest BCUT2D eigenvalue weighted by molar-refractivity contribution is 0.0600. The monoisotopic (exact) mass is 314 g/mol. The van der Waals surface area contributed by atoms with E-state index in [1.54, 1.807) is 0 Å². The van der Waals surface area contributed by atoms with Gasteiger partial charge in [0.2, 0.25) is 10.0 Å². The first-order chi connectivity index (χ1) is 9.91. The van der Waals surface area contributed by atoms with Crippen LogP contribution < -0.4 is 5.73 Å². The van der Waals surface area contributed by atoms with E-state index in [2.05, 4.69) is 4.74 Å². The third-order valence-corrected chi connectivity index (χ3v) is 5.58. The highest BCUT2D eigenvalue weighted by atomic mass is 32.2. The topological polar surface area (TPSA) is 110 Å². The zero-order valence-electron chi connectivity index (χ0n) is 11.7. The fraction of sp³-hybridized carbons (Fsp3) is 0.462. The van der Waals surface area contributed by atoms with Crippen LogP contribution >= 0.6 is 0 Å². The molecule has 8 heteroatoms. The number of aliphatic hydroxyl groups excluding tert-OH is 1. The molecule has 0 radical (unpaired) electrons. The molecule has 0 aliphatic carbocycles. The van der Waals surface area contributed by atoms with Gasteiger partial charge in [-0.05, 0) is 31.0 Å². The molecule has 1 aromatic rings. The van der Waals surface area contributed by atoms with Gasteiger partial charge in [-0.2, -0.15) is 4.31 Å². The number of benzene rings is 1. The first kappa shape index (κ1) is 15.7. The molecule has 0 bridgehead atoms. The number of carbonyl (C=O) groups excluding carboxylic acids is 1. The molecule has 116 valence electrons. The third-order valence-electron chi connectivity index (χ3n) is 3.55. The van der Waals surface area contributed by atoms with Crippen molar-refractivity contribution < 1.29 is 23.1 Å². The number of sulfonamides is 1. The third kappa shape index (κ3) is 2.87. The van der Waals surface area contributed by atoms with Crippen molar-refractivity contribution in [2.75, 3.05) is 26.0 Å². The molecule has 1 fully saturated rings. The highest BCUT2D eigenvalue weighted by Gasteiger charge is 2.35. The molecule has 3 N–H and O–H groups in total. The van der Waals surface area contributed by atoms with Gasteiger partial charge < -0.3 is 15.6 Å². The Morgan fingerprint density at radius 2 is 2.24 bits per heavy atom. The van der Waals surface area contributed by atoms with Gasteiger partial charge in [0.05, 0.1) is 25.0 Å². The summed E-state index contributed by atoms with van der Waals surface area (Å²) in [7, 11) is -2.55. The summed E-state index contributed by atoms with van der Waals surface area (Å²) in [6.45, 7) is 0.130. The van der Waals surface area contributed by atoms with Crippen molar-refractivity contribution in [3.8, 4) is 0 Å². The molecule has 1 aliphatic heterocycles. The van der Waals surface area contributed by atoms with E-state index in [4.69, 9.17) is 5.73 Å². The zero-order valence-corrected chi connectivity index (χ0v) is 12.5. The van der Waals surface area contributed by atoms with Gasteiger partial charge >= 0.3 is 5.97 Å². The molecule has 0 amide bonds.